The lowest BCUT2D eigenvalue weighted by atomic mass is 10.1. The number of esters is 2. The fourth-order valence-electron chi connectivity index (χ4n) is 0.718. The molecule has 0 aliphatic rings. The molecule has 0 rings (SSSR count). The highest BCUT2D eigenvalue weighted by Gasteiger charge is 2.26. The van der Waals surface area contributed by atoms with E-state index in [2.05, 4.69) is 4.74 Å². The van der Waals surface area contributed by atoms with Crippen LogP contribution in [0.15, 0.2) is 0 Å². The van der Waals surface area contributed by atoms with Gasteiger partial charge in [-0.1, -0.05) is 27.7 Å². The third-order valence-corrected chi connectivity index (χ3v) is 1.91. The van der Waals surface area contributed by atoms with Crippen LogP contribution in [0.3, 0.4) is 0 Å². The summed E-state index contributed by atoms with van der Waals surface area (Å²) < 4.78 is 4.34. The molecule has 0 bridgehead atoms. The normalized spacial score (nSPS) is 12.7. The number of hydrogen-bond acceptors (Lipinski definition) is 5. The van der Waals surface area contributed by atoms with Crippen molar-refractivity contribution in [2.45, 2.75) is 33.7 Å². The first-order valence-corrected chi connectivity index (χ1v) is 4.82. The van der Waals surface area contributed by atoms with Gasteiger partial charge in [0.1, 0.15) is 6.04 Å². The van der Waals surface area contributed by atoms with Crippen molar-refractivity contribution >= 4 is 17.7 Å². The van der Waals surface area contributed by atoms with Crippen molar-refractivity contribution in [3.8, 4) is 0 Å². The predicted octanol–water partition coefficient (Wildman–Crippen LogP) is 0.265. The van der Waals surface area contributed by atoms with Crippen molar-refractivity contribution in [3.63, 3.8) is 0 Å². The Kier molecular flexibility index (Phi) is 5.14. The maximum Gasteiger partial charge on any atom is 0.382 e. The first-order chi connectivity index (χ1) is 6.77. The van der Waals surface area contributed by atoms with Gasteiger partial charge in [0.05, 0.1) is 0 Å². The van der Waals surface area contributed by atoms with E-state index in [1.165, 1.54) is 0 Å². The molecule has 0 aliphatic heterocycles. The molecule has 0 aromatic heterocycles. The molecule has 2 N–H and O–H groups in total. The highest BCUT2D eigenvalue weighted by molar-refractivity contribution is 6.35. The molecule has 0 spiro atoms. The number of Topliss-reactive ketones (excluding diaryl/α,β-unsaturated/α-hetero) is 1. The van der Waals surface area contributed by atoms with Crippen LogP contribution in [0.4, 0.5) is 0 Å². The molecule has 0 saturated heterocycles. The summed E-state index contributed by atoms with van der Waals surface area (Å²) in [6, 6.07) is -0.881. The number of ketones is 1. The Morgan fingerprint density at radius 2 is 1.53 bits per heavy atom. The lowest BCUT2D eigenvalue weighted by Crippen LogP contribution is -2.39. The smallest absolute Gasteiger partial charge is 0.382 e. The molecule has 0 unspecified atom stereocenters. The second-order valence-corrected chi connectivity index (χ2v) is 4.00. The Hall–Kier alpha value is -1.23. The van der Waals surface area contributed by atoms with Crippen LogP contribution in [0, 0.1) is 11.8 Å². The van der Waals surface area contributed by atoms with Crippen LogP contribution < -0.4 is 5.73 Å². The number of carbonyl (C=O) groups is 3. The second-order valence-electron chi connectivity index (χ2n) is 4.00. The van der Waals surface area contributed by atoms with Crippen LogP contribution in [0.1, 0.15) is 27.7 Å². The monoisotopic (exact) mass is 215 g/mol. The van der Waals surface area contributed by atoms with Crippen molar-refractivity contribution in [2.75, 3.05) is 0 Å². The van der Waals surface area contributed by atoms with Gasteiger partial charge in [0.25, 0.3) is 0 Å². The number of hydrogen-bond donors (Lipinski definition) is 1. The summed E-state index contributed by atoms with van der Waals surface area (Å²) in [6.45, 7) is 6.55. The molecule has 0 amide bonds. The van der Waals surface area contributed by atoms with Crippen molar-refractivity contribution in [1.29, 1.82) is 0 Å². The fourth-order valence-corrected chi connectivity index (χ4v) is 0.718. The van der Waals surface area contributed by atoms with Gasteiger partial charge in [-0.15, -0.1) is 0 Å². The predicted molar refractivity (Wildman–Crippen MR) is 53.8 cm³/mol. The fraction of sp³-hybridized carbons (Fsp3) is 0.700. The molecule has 5 heteroatoms. The van der Waals surface area contributed by atoms with E-state index in [-0.39, 0.29) is 5.92 Å². The topological polar surface area (TPSA) is 86.5 Å². The Labute approximate surface area is 89.0 Å². The van der Waals surface area contributed by atoms with E-state index in [4.69, 9.17) is 5.73 Å². The van der Waals surface area contributed by atoms with Crippen molar-refractivity contribution < 1.29 is 19.1 Å². The zero-order chi connectivity index (χ0) is 12.2. The number of ether oxygens (including phenoxy) is 1. The summed E-state index contributed by atoms with van der Waals surface area (Å²) in [4.78, 5) is 33.4. The van der Waals surface area contributed by atoms with E-state index in [0.717, 1.165) is 0 Å². The van der Waals surface area contributed by atoms with Crippen LogP contribution in [0.2, 0.25) is 0 Å². The number of carbonyl (C=O) groups excluding carboxylic acids is 3. The summed E-state index contributed by atoms with van der Waals surface area (Å²) in [6.07, 6.45) is 0. The zero-order valence-corrected chi connectivity index (χ0v) is 9.44. The van der Waals surface area contributed by atoms with Gasteiger partial charge in [-0.3, -0.25) is 4.79 Å². The highest BCUT2D eigenvalue weighted by atomic mass is 16.6. The standard InChI is InChI=1S/C10H17NO4/c1-5(2)7(11)9(13)15-10(14)8(12)6(3)4/h5-7H,11H2,1-4H3/t7-/m0/s1. The molecular formula is C10H17NO4. The summed E-state index contributed by atoms with van der Waals surface area (Å²) in [5.41, 5.74) is 5.45. The molecule has 5 nitrogen and oxygen atoms in total. The lowest BCUT2D eigenvalue weighted by molar-refractivity contribution is -0.166. The molecule has 0 saturated carbocycles. The van der Waals surface area contributed by atoms with Crippen LogP contribution in [0.25, 0.3) is 0 Å². The SMILES string of the molecule is CC(C)C(=O)C(=O)OC(=O)[C@@H](N)C(C)C. The summed E-state index contributed by atoms with van der Waals surface area (Å²) in [5, 5.41) is 0. The van der Waals surface area contributed by atoms with Crippen LogP contribution >= 0.6 is 0 Å². The maximum absolute atomic E-state index is 11.2. The van der Waals surface area contributed by atoms with Gasteiger partial charge in [0, 0.05) is 5.92 Å². The molecule has 15 heavy (non-hydrogen) atoms. The van der Waals surface area contributed by atoms with Gasteiger partial charge in [0.2, 0.25) is 5.78 Å². The van der Waals surface area contributed by atoms with Gasteiger partial charge in [0.15, 0.2) is 0 Å². The largest absolute Gasteiger partial charge is 0.386 e. The average molecular weight is 215 g/mol. The van der Waals surface area contributed by atoms with Gasteiger partial charge in [-0.2, -0.15) is 0 Å². The van der Waals surface area contributed by atoms with E-state index < -0.39 is 29.7 Å². The molecular weight excluding hydrogens is 198 g/mol. The third kappa shape index (κ3) is 4.20. The number of rotatable bonds is 4. The minimum absolute atomic E-state index is 0.139. The van der Waals surface area contributed by atoms with Crippen molar-refractivity contribution in [2.24, 2.45) is 17.6 Å². The summed E-state index contributed by atoms with van der Waals surface area (Å²) >= 11 is 0. The molecule has 1 atom stereocenters. The molecule has 0 aromatic rings. The zero-order valence-electron chi connectivity index (χ0n) is 9.44. The van der Waals surface area contributed by atoms with E-state index >= 15 is 0 Å². The van der Waals surface area contributed by atoms with Crippen molar-refractivity contribution in [3.05, 3.63) is 0 Å². The highest BCUT2D eigenvalue weighted by Crippen LogP contribution is 2.03. The lowest BCUT2D eigenvalue weighted by Gasteiger charge is -2.13. The van der Waals surface area contributed by atoms with Crippen LogP contribution in [-0.4, -0.2) is 23.8 Å². The van der Waals surface area contributed by atoms with Gasteiger partial charge < -0.3 is 10.5 Å². The van der Waals surface area contributed by atoms with Gasteiger partial charge >= 0.3 is 11.9 Å². The Balaban J connectivity index is 4.31. The molecule has 0 fully saturated rings. The first kappa shape index (κ1) is 13.8. The molecule has 86 valence electrons. The summed E-state index contributed by atoms with van der Waals surface area (Å²) in [5.74, 6) is -3.34. The number of nitrogens with two attached hydrogens (primary N) is 1. The molecule has 0 aromatic carbocycles. The third-order valence-electron chi connectivity index (χ3n) is 1.91. The Bertz CT molecular complexity index is 271. The van der Waals surface area contributed by atoms with Gasteiger partial charge in [-0.05, 0) is 5.92 Å². The van der Waals surface area contributed by atoms with E-state index in [9.17, 15) is 14.4 Å². The van der Waals surface area contributed by atoms with E-state index in [1.807, 2.05) is 0 Å². The summed E-state index contributed by atoms with van der Waals surface area (Å²) in [7, 11) is 0. The molecule has 0 heterocycles. The van der Waals surface area contributed by atoms with Crippen LogP contribution in [-0.2, 0) is 19.1 Å². The quantitative estimate of drug-likeness (QED) is 0.413. The van der Waals surface area contributed by atoms with Crippen LogP contribution in [0.5, 0.6) is 0 Å². The first-order valence-electron chi connectivity index (χ1n) is 4.82. The second kappa shape index (κ2) is 5.60. The minimum atomic E-state index is -1.13. The van der Waals surface area contributed by atoms with E-state index in [1.54, 1.807) is 27.7 Å². The minimum Gasteiger partial charge on any atom is -0.386 e. The molecule has 0 aliphatic carbocycles. The Morgan fingerprint density at radius 1 is 1.07 bits per heavy atom. The van der Waals surface area contributed by atoms with E-state index in [0.29, 0.717) is 0 Å². The Morgan fingerprint density at radius 3 is 1.87 bits per heavy atom. The van der Waals surface area contributed by atoms with Gasteiger partial charge in [-0.25, -0.2) is 9.59 Å². The van der Waals surface area contributed by atoms with Crippen molar-refractivity contribution in [1.82, 2.24) is 0 Å². The molecule has 0 radical (unpaired) electrons. The maximum atomic E-state index is 11.2. The average Bonchev–Trinajstić information content (AvgIpc) is 2.14.